The van der Waals surface area contributed by atoms with Crippen LogP contribution >= 0.6 is 0 Å². The first-order chi connectivity index (χ1) is 14.7. The van der Waals surface area contributed by atoms with Crippen molar-refractivity contribution in [2.75, 3.05) is 6.26 Å². The van der Waals surface area contributed by atoms with Crippen molar-refractivity contribution in [1.82, 2.24) is 0 Å². The maximum atomic E-state index is 13.4. The number of para-hydroxylation sites is 1. The van der Waals surface area contributed by atoms with Crippen molar-refractivity contribution in [3.63, 3.8) is 0 Å². The third-order valence-electron chi connectivity index (χ3n) is 5.04. The van der Waals surface area contributed by atoms with E-state index in [0.717, 1.165) is 6.26 Å². The third kappa shape index (κ3) is 3.73. The minimum absolute atomic E-state index is 0.108. The summed E-state index contributed by atoms with van der Waals surface area (Å²) < 4.78 is 29.6. The molecule has 0 fully saturated rings. The van der Waals surface area contributed by atoms with E-state index in [0.29, 0.717) is 27.7 Å². The van der Waals surface area contributed by atoms with Crippen molar-refractivity contribution in [1.29, 1.82) is 0 Å². The Bertz CT molecular complexity index is 1500. The molecule has 4 rings (SSSR count). The summed E-state index contributed by atoms with van der Waals surface area (Å²) >= 11 is 0. The van der Waals surface area contributed by atoms with Crippen LogP contribution in [0.25, 0.3) is 33.4 Å². The number of rotatable bonds is 4. The Morgan fingerprint density at radius 2 is 1.58 bits per heavy atom. The molecule has 4 aromatic rings. The summed E-state index contributed by atoms with van der Waals surface area (Å²) in [6.45, 7) is 1.62. The van der Waals surface area contributed by atoms with Crippen molar-refractivity contribution >= 4 is 26.5 Å². The topological polar surface area (TPSA) is 107 Å². The van der Waals surface area contributed by atoms with E-state index in [9.17, 15) is 23.3 Å². The van der Waals surface area contributed by atoms with E-state index in [1.807, 2.05) is 0 Å². The molecule has 0 aliphatic heterocycles. The molecule has 0 aliphatic carbocycles. The zero-order chi connectivity index (χ0) is 22.3. The Hall–Kier alpha value is -3.78. The van der Waals surface area contributed by atoms with Gasteiger partial charge >= 0.3 is 0 Å². The summed E-state index contributed by atoms with van der Waals surface area (Å²) in [5.41, 5.74) is 1.39. The Kier molecular flexibility index (Phi) is 4.94. The van der Waals surface area contributed by atoms with Gasteiger partial charge in [0, 0.05) is 23.4 Å². The number of nitro groups is 1. The molecule has 31 heavy (non-hydrogen) atoms. The number of sulfone groups is 1. The Morgan fingerprint density at radius 3 is 2.23 bits per heavy atom. The third-order valence-corrected chi connectivity index (χ3v) is 6.17. The normalized spacial score (nSPS) is 11.5. The number of fused-ring (bicyclic) bond motifs is 1. The van der Waals surface area contributed by atoms with Crippen LogP contribution < -0.4 is 5.43 Å². The molecule has 8 heteroatoms. The van der Waals surface area contributed by atoms with Crippen LogP contribution in [0.3, 0.4) is 0 Å². The molecule has 0 amide bonds. The highest BCUT2D eigenvalue weighted by Crippen LogP contribution is 2.35. The highest BCUT2D eigenvalue weighted by atomic mass is 32.2. The van der Waals surface area contributed by atoms with Crippen LogP contribution in [0, 0.1) is 17.0 Å². The monoisotopic (exact) mass is 435 g/mol. The van der Waals surface area contributed by atoms with Gasteiger partial charge in [0.25, 0.3) is 5.69 Å². The molecule has 0 N–H and O–H groups in total. The average molecular weight is 435 g/mol. The number of nitro benzene ring substituents is 1. The molecule has 0 saturated carbocycles. The van der Waals surface area contributed by atoms with Gasteiger partial charge in [0.2, 0.25) is 5.43 Å². The molecule has 0 aliphatic rings. The molecule has 0 radical (unpaired) electrons. The Labute approximate surface area is 177 Å². The highest BCUT2D eigenvalue weighted by molar-refractivity contribution is 7.90. The zero-order valence-corrected chi connectivity index (χ0v) is 17.5. The van der Waals surface area contributed by atoms with Gasteiger partial charge in [-0.1, -0.05) is 24.3 Å². The molecule has 3 aromatic carbocycles. The van der Waals surface area contributed by atoms with Gasteiger partial charge in [0.1, 0.15) is 11.3 Å². The lowest BCUT2D eigenvalue weighted by Crippen LogP contribution is -2.08. The van der Waals surface area contributed by atoms with Gasteiger partial charge < -0.3 is 4.42 Å². The van der Waals surface area contributed by atoms with E-state index in [2.05, 4.69) is 0 Å². The van der Waals surface area contributed by atoms with Crippen LogP contribution in [0.2, 0.25) is 0 Å². The molecule has 0 spiro atoms. The summed E-state index contributed by atoms with van der Waals surface area (Å²) in [6, 6.07) is 17.3. The maximum absolute atomic E-state index is 13.4. The SMILES string of the molecule is Cc1ccc(-c2c(-c3ccc(S(C)(=O)=O)cc3)oc3ccccc3c2=O)cc1[N+](=O)[O-]. The summed E-state index contributed by atoms with van der Waals surface area (Å²) in [4.78, 5) is 24.5. The number of nitrogens with zero attached hydrogens (tertiary/aromatic N) is 1. The molecule has 1 heterocycles. The lowest BCUT2D eigenvalue weighted by Gasteiger charge is -2.11. The average Bonchev–Trinajstić information content (AvgIpc) is 2.73. The molecule has 0 unspecified atom stereocenters. The molecule has 0 atom stereocenters. The van der Waals surface area contributed by atoms with Crippen LogP contribution in [0.5, 0.6) is 0 Å². The van der Waals surface area contributed by atoms with Crippen molar-refractivity contribution in [2.45, 2.75) is 11.8 Å². The lowest BCUT2D eigenvalue weighted by molar-refractivity contribution is -0.385. The predicted molar refractivity (Wildman–Crippen MR) is 118 cm³/mol. The molecular weight excluding hydrogens is 418 g/mol. The van der Waals surface area contributed by atoms with Crippen LogP contribution in [0.15, 0.2) is 80.8 Å². The van der Waals surface area contributed by atoms with Gasteiger partial charge in [0.15, 0.2) is 9.84 Å². The van der Waals surface area contributed by atoms with E-state index in [1.54, 1.807) is 55.5 Å². The Balaban J connectivity index is 2.05. The van der Waals surface area contributed by atoms with Crippen molar-refractivity contribution < 1.29 is 17.8 Å². The minimum Gasteiger partial charge on any atom is -0.455 e. The van der Waals surface area contributed by atoms with Crippen molar-refractivity contribution in [2.24, 2.45) is 0 Å². The quantitative estimate of drug-likeness (QED) is 0.338. The summed E-state index contributed by atoms with van der Waals surface area (Å²) in [5.74, 6) is 0.210. The van der Waals surface area contributed by atoms with Crippen LogP contribution in [-0.2, 0) is 9.84 Å². The number of aryl methyl sites for hydroxylation is 1. The number of hydrogen-bond donors (Lipinski definition) is 0. The zero-order valence-electron chi connectivity index (χ0n) is 16.7. The van der Waals surface area contributed by atoms with Gasteiger partial charge in [-0.3, -0.25) is 14.9 Å². The highest BCUT2D eigenvalue weighted by Gasteiger charge is 2.21. The van der Waals surface area contributed by atoms with Crippen molar-refractivity contribution in [3.05, 3.63) is 92.6 Å². The van der Waals surface area contributed by atoms with E-state index >= 15 is 0 Å². The molecular formula is C23H17NO6S. The fraction of sp³-hybridized carbons (Fsp3) is 0.0870. The number of benzene rings is 3. The summed E-state index contributed by atoms with van der Waals surface area (Å²) in [7, 11) is -3.39. The van der Waals surface area contributed by atoms with Crippen LogP contribution in [-0.4, -0.2) is 19.6 Å². The summed E-state index contributed by atoms with van der Waals surface area (Å²) in [5, 5.41) is 11.8. The minimum atomic E-state index is -3.39. The van der Waals surface area contributed by atoms with Gasteiger partial charge in [-0.05, 0) is 48.9 Å². The van der Waals surface area contributed by atoms with E-state index in [1.165, 1.54) is 18.2 Å². The second-order valence-electron chi connectivity index (χ2n) is 7.19. The largest absolute Gasteiger partial charge is 0.455 e. The summed E-state index contributed by atoms with van der Waals surface area (Å²) in [6.07, 6.45) is 1.11. The molecule has 7 nitrogen and oxygen atoms in total. The second-order valence-corrected chi connectivity index (χ2v) is 9.20. The lowest BCUT2D eigenvalue weighted by atomic mass is 9.97. The van der Waals surface area contributed by atoms with E-state index in [-0.39, 0.29) is 27.3 Å². The van der Waals surface area contributed by atoms with Gasteiger partial charge in [0.05, 0.1) is 20.8 Å². The van der Waals surface area contributed by atoms with Crippen molar-refractivity contribution in [3.8, 4) is 22.5 Å². The first kappa shape index (κ1) is 20.5. The van der Waals surface area contributed by atoms with Crippen LogP contribution in [0.4, 0.5) is 5.69 Å². The molecule has 1 aromatic heterocycles. The fourth-order valence-corrected chi connectivity index (χ4v) is 4.05. The standard InChI is InChI=1S/C23H17NO6S/c1-14-7-8-16(13-19(14)24(26)27)21-22(25)18-5-3-4-6-20(18)30-23(21)15-9-11-17(12-10-15)31(2,28)29/h3-13H,1-2H3. The second kappa shape index (κ2) is 7.48. The van der Waals surface area contributed by atoms with Gasteiger partial charge in [-0.25, -0.2) is 8.42 Å². The molecule has 0 bridgehead atoms. The predicted octanol–water partition coefficient (Wildman–Crippen LogP) is 4.75. The molecule has 156 valence electrons. The smallest absolute Gasteiger partial charge is 0.272 e. The van der Waals surface area contributed by atoms with Crippen LogP contribution in [0.1, 0.15) is 5.56 Å². The fourth-order valence-electron chi connectivity index (χ4n) is 3.42. The maximum Gasteiger partial charge on any atom is 0.272 e. The first-order valence-corrected chi connectivity index (χ1v) is 11.2. The van der Waals surface area contributed by atoms with E-state index < -0.39 is 14.8 Å². The van der Waals surface area contributed by atoms with Gasteiger partial charge in [-0.15, -0.1) is 0 Å². The molecule has 0 saturated heterocycles. The number of hydrogen-bond acceptors (Lipinski definition) is 6. The Morgan fingerprint density at radius 1 is 0.935 bits per heavy atom. The first-order valence-electron chi connectivity index (χ1n) is 9.28. The van der Waals surface area contributed by atoms with E-state index in [4.69, 9.17) is 4.42 Å². The van der Waals surface area contributed by atoms with Gasteiger partial charge in [-0.2, -0.15) is 0 Å².